The number of dihydropyridines is 1. The number of ether oxygens (including phenoxy) is 1. The number of allylic oxidation sites excluding steroid dienone is 2. The minimum absolute atomic E-state index is 0.0347. The second-order valence-electron chi connectivity index (χ2n) is 5.56. The van der Waals surface area contributed by atoms with Crippen molar-refractivity contribution in [1.29, 1.82) is 0 Å². The highest BCUT2D eigenvalue weighted by molar-refractivity contribution is 6.66. The van der Waals surface area contributed by atoms with E-state index in [0.717, 1.165) is 0 Å². The Bertz CT molecular complexity index is 793. The van der Waals surface area contributed by atoms with Crippen LogP contribution < -0.4 is 5.32 Å². The largest absolute Gasteiger partial charge is 0.478 e. The second kappa shape index (κ2) is 7.28. The molecule has 25 heavy (non-hydrogen) atoms. The van der Waals surface area contributed by atoms with Gasteiger partial charge in [-0.05, 0) is 19.4 Å². The summed E-state index contributed by atoms with van der Waals surface area (Å²) in [7, 11) is 1.24. The number of hydrogen-bond donors (Lipinski definition) is 2. The fraction of sp³-hybridized carbons (Fsp3) is 0.294. The van der Waals surface area contributed by atoms with Crippen LogP contribution in [-0.4, -0.2) is 24.2 Å². The Morgan fingerprint density at radius 2 is 1.76 bits per heavy atom. The number of hydrogen-bond acceptors (Lipinski definition) is 4. The van der Waals surface area contributed by atoms with E-state index >= 15 is 0 Å². The molecule has 5 nitrogen and oxygen atoms in total. The van der Waals surface area contributed by atoms with Crippen LogP contribution in [0.2, 0.25) is 0 Å². The van der Waals surface area contributed by atoms with E-state index in [-0.39, 0.29) is 11.1 Å². The van der Waals surface area contributed by atoms with Crippen molar-refractivity contribution < 1.29 is 19.4 Å². The van der Waals surface area contributed by atoms with Gasteiger partial charge in [-0.3, -0.25) is 0 Å². The van der Waals surface area contributed by atoms with Crippen LogP contribution >= 0.6 is 34.8 Å². The molecule has 0 aliphatic carbocycles. The van der Waals surface area contributed by atoms with Gasteiger partial charge in [0.1, 0.15) is 0 Å². The first-order valence-corrected chi connectivity index (χ1v) is 8.38. The van der Waals surface area contributed by atoms with Gasteiger partial charge in [-0.1, -0.05) is 59.1 Å². The molecule has 8 heteroatoms. The van der Waals surface area contributed by atoms with Gasteiger partial charge in [-0.2, -0.15) is 0 Å². The third kappa shape index (κ3) is 3.94. The average Bonchev–Trinajstić information content (AvgIpc) is 2.52. The van der Waals surface area contributed by atoms with Gasteiger partial charge in [0.05, 0.1) is 24.2 Å². The number of aliphatic carboxylic acids is 1. The number of rotatable bonds is 3. The van der Waals surface area contributed by atoms with Crippen LogP contribution in [0.15, 0.2) is 46.8 Å². The van der Waals surface area contributed by atoms with Crippen molar-refractivity contribution in [3.05, 3.63) is 57.9 Å². The standard InChI is InChI=1S/C17H16Cl3NO4/c1-8-12(15(22)23)14(13(9(2)21-8)16(24)25-3)10-5-4-6-11(7-10)17(18,19)20/h4-7,14,21H,1-3H3,(H,22,23). The summed E-state index contributed by atoms with van der Waals surface area (Å²) in [6.07, 6.45) is 0. The van der Waals surface area contributed by atoms with Gasteiger partial charge in [0.2, 0.25) is 3.79 Å². The summed E-state index contributed by atoms with van der Waals surface area (Å²) >= 11 is 17.8. The summed E-state index contributed by atoms with van der Waals surface area (Å²) in [4.78, 5) is 24.1. The number of carboxylic acids is 1. The summed E-state index contributed by atoms with van der Waals surface area (Å²) in [5, 5.41) is 12.6. The molecular formula is C17H16Cl3NO4. The zero-order chi connectivity index (χ0) is 18.9. The quantitative estimate of drug-likeness (QED) is 0.588. The fourth-order valence-corrected chi connectivity index (χ4v) is 3.24. The smallest absolute Gasteiger partial charge is 0.336 e. The molecule has 134 valence electrons. The molecule has 2 rings (SSSR count). The van der Waals surface area contributed by atoms with E-state index in [1.807, 2.05) is 0 Å². The molecular weight excluding hydrogens is 389 g/mol. The Morgan fingerprint density at radius 3 is 2.28 bits per heavy atom. The number of carbonyl (C=O) groups is 2. The molecule has 0 spiro atoms. The second-order valence-corrected chi connectivity index (χ2v) is 7.84. The van der Waals surface area contributed by atoms with Crippen molar-refractivity contribution in [2.24, 2.45) is 0 Å². The van der Waals surface area contributed by atoms with Crippen LogP contribution in [0.3, 0.4) is 0 Å². The number of esters is 1. The molecule has 0 saturated carbocycles. The van der Waals surface area contributed by atoms with E-state index < -0.39 is 21.6 Å². The highest BCUT2D eigenvalue weighted by Gasteiger charge is 2.37. The molecule has 1 heterocycles. The maximum absolute atomic E-state index is 12.3. The van der Waals surface area contributed by atoms with Crippen LogP contribution in [0.25, 0.3) is 0 Å². The first-order chi connectivity index (χ1) is 11.6. The maximum atomic E-state index is 12.3. The number of carboxylic acid groups (broad SMARTS) is 1. The van der Waals surface area contributed by atoms with Gasteiger partial charge in [0.25, 0.3) is 0 Å². The molecule has 0 bridgehead atoms. The topological polar surface area (TPSA) is 75.6 Å². The van der Waals surface area contributed by atoms with Crippen LogP contribution in [-0.2, 0) is 18.1 Å². The third-order valence-corrected chi connectivity index (χ3v) is 4.60. The predicted octanol–water partition coefficient (Wildman–Crippen LogP) is 4.01. The fourth-order valence-electron chi connectivity index (χ4n) is 2.89. The van der Waals surface area contributed by atoms with Gasteiger partial charge in [-0.15, -0.1) is 0 Å². The molecule has 0 amide bonds. The number of nitrogens with one attached hydrogen (secondary N) is 1. The Kier molecular flexibility index (Phi) is 5.72. The van der Waals surface area contributed by atoms with Crippen LogP contribution in [0.1, 0.15) is 30.9 Å². The molecule has 1 aromatic carbocycles. The van der Waals surface area contributed by atoms with Crippen molar-refractivity contribution in [3.63, 3.8) is 0 Å². The van der Waals surface area contributed by atoms with E-state index in [4.69, 9.17) is 39.5 Å². The monoisotopic (exact) mass is 403 g/mol. The lowest BCUT2D eigenvalue weighted by molar-refractivity contribution is -0.136. The first kappa shape index (κ1) is 19.6. The van der Waals surface area contributed by atoms with E-state index in [9.17, 15) is 14.7 Å². The van der Waals surface area contributed by atoms with Crippen molar-refractivity contribution in [3.8, 4) is 0 Å². The first-order valence-electron chi connectivity index (χ1n) is 7.25. The lowest BCUT2D eigenvalue weighted by atomic mass is 9.80. The Morgan fingerprint density at radius 1 is 1.16 bits per heavy atom. The minimum Gasteiger partial charge on any atom is -0.478 e. The summed E-state index contributed by atoms with van der Waals surface area (Å²) in [5.74, 6) is -2.62. The van der Waals surface area contributed by atoms with Crippen LogP contribution in [0.5, 0.6) is 0 Å². The molecule has 1 aliphatic rings. The molecule has 1 aliphatic heterocycles. The molecule has 1 unspecified atom stereocenters. The number of halogens is 3. The van der Waals surface area contributed by atoms with Crippen molar-refractivity contribution in [1.82, 2.24) is 5.32 Å². The third-order valence-electron chi connectivity index (χ3n) is 3.94. The highest BCUT2D eigenvalue weighted by atomic mass is 35.6. The van der Waals surface area contributed by atoms with E-state index in [1.54, 1.807) is 38.1 Å². The average molecular weight is 405 g/mol. The molecule has 0 fully saturated rings. The Balaban J connectivity index is 2.72. The summed E-state index contributed by atoms with van der Waals surface area (Å²) in [5.41, 5.74) is 2.07. The number of benzene rings is 1. The number of alkyl halides is 3. The minimum atomic E-state index is -1.67. The lowest BCUT2D eigenvalue weighted by Crippen LogP contribution is -2.31. The van der Waals surface area contributed by atoms with Crippen molar-refractivity contribution >= 4 is 46.7 Å². The molecule has 0 saturated heterocycles. The van der Waals surface area contributed by atoms with E-state index in [2.05, 4.69) is 5.32 Å². The van der Waals surface area contributed by atoms with Crippen LogP contribution in [0, 0.1) is 0 Å². The van der Waals surface area contributed by atoms with Crippen LogP contribution in [0.4, 0.5) is 0 Å². The normalized spacial score (nSPS) is 18.1. The van der Waals surface area contributed by atoms with Gasteiger partial charge in [0, 0.05) is 17.0 Å². The number of carbonyl (C=O) groups excluding carboxylic acids is 1. The number of methoxy groups -OCH3 is 1. The van der Waals surface area contributed by atoms with E-state index in [0.29, 0.717) is 22.5 Å². The summed E-state index contributed by atoms with van der Waals surface area (Å²) in [6, 6.07) is 6.52. The zero-order valence-corrected chi connectivity index (χ0v) is 16.0. The van der Waals surface area contributed by atoms with Gasteiger partial charge in [0.15, 0.2) is 0 Å². The van der Waals surface area contributed by atoms with Gasteiger partial charge < -0.3 is 15.2 Å². The highest BCUT2D eigenvalue weighted by Crippen LogP contribution is 2.42. The summed E-state index contributed by atoms with van der Waals surface area (Å²) < 4.78 is 3.17. The molecule has 0 radical (unpaired) electrons. The molecule has 1 aromatic rings. The zero-order valence-electron chi connectivity index (χ0n) is 13.7. The van der Waals surface area contributed by atoms with E-state index in [1.165, 1.54) is 7.11 Å². The Labute approximate surface area is 160 Å². The molecule has 1 atom stereocenters. The van der Waals surface area contributed by atoms with Crippen molar-refractivity contribution in [2.75, 3.05) is 7.11 Å². The molecule has 2 N–H and O–H groups in total. The predicted molar refractivity (Wildman–Crippen MR) is 96.6 cm³/mol. The van der Waals surface area contributed by atoms with Gasteiger partial charge in [-0.25, -0.2) is 9.59 Å². The Hall–Kier alpha value is -1.69. The van der Waals surface area contributed by atoms with Crippen molar-refractivity contribution in [2.45, 2.75) is 23.6 Å². The SMILES string of the molecule is COC(=O)C1=C(C)NC(C)=C(C(=O)O)C1c1cccc(C(Cl)(Cl)Cl)c1. The maximum Gasteiger partial charge on any atom is 0.336 e. The summed E-state index contributed by atoms with van der Waals surface area (Å²) in [6.45, 7) is 3.31. The lowest BCUT2D eigenvalue weighted by Gasteiger charge is -2.29. The molecule has 0 aromatic heterocycles. The van der Waals surface area contributed by atoms with Gasteiger partial charge >= 0.3 is 11.9 Å².